The molecule has 11 rings (SSSR count). The summed E-state index contributed by atoms with van der Waals surface area (Å²) in [4.78, 5) is 2.34. The Bertz CT molecular complexity index is 3190. The molecule has 0 saturated carbocycles. The van der Waals surface area contributed by atoms with Gasteiger partial charge in [-0.15, -0.1) is 0 Å². The van der Waals surface area contributed by atoms with E-state index in [1.807, 2.05) is 12.1 Å². The number of aromatic nitrogens is 1. The molecule has 9 aromatic carbocycles. The molecule has 0 radical (unpaired) electrons. The molecule has 2 heterocycles. The average molecular weight is 703 g/mol. The third-order valence-corrected chi connectivity index (χ3v) is 11.0. The second-order valence-corrected chi connectivity index (χ2v) is 14.1. The zero-order chi connectivity index (χ0) is 36.3. The fraction of sp³-hybridized carbons (Fsp3) is 0. The van der Waals surface area contributed by atoms with Crippen LogP contribution in [0.5, 0.6) is 0 Å². The minimum atomic E-state index is 0.869. The third kappa shape index (κ3) is 5.13. The van der Waals surface area contributed by atoms with Gasteiger partial charge in [0.15, 0.2) is 0 Å². The molecule has 0 N–H and O–H groups in total. The Balaban J connectivity index is 1.000. The molecule has 0 atom stereocenters. The number of rotatable bonds is 6. The topological polar surface area (TPSA) is 21.3 Å². The van der Waals surface area contributed by atoms with Gasteiger partial charge in [0.05, 0.1) is 16.7 Å². The Labute approximate surface area is 318 Å². The highest BCUT2D eigenvalue weighted by Gasteiger charge is 2.19. The van der Waals surface area contributed by atoms with Gasteiger partial charge in [-0.25, -0.2) is 0 Å². The lowest BCUT2D eigenvalue weighted by molar-refractivity contribution is 0.669. The number of nitrogens with zero attached hydrogens (tertiary/aromatic N) is 2. The van der Waals surface area contributed by atoms with Crippen LogP contribution >= 0.6 is 0 Å². The molecule has 11 aromatic rings. The van der Waals surface area contributed by atoms with Gasteiger partial charge in [-0.1, -0.05) is 140 Å². The molecule has 0 spiro atoms. The van der Waals surface area contributed by atoms with Crippen molar-refractivity contribution in [3.05, 3.63) is 206 Å². The number of para-hydroxylation sites is 3. The molecular formula is C52H34N2O. The number of fused-ring (bicyclic) bond motifs is 8. The van der Waals surface area contributed by atoms with Crippen molar-refractivity contribution >= 4 is 71.6 Å². The molecule has 0 bridgehead atoms. The molecule has 258 valence electrons. The van der Waals surface area contributed by atoms with Crippen LogP contribution in [-0.4, -0.2) is 4.57 Å². The lowest BCUT2D eigenvalue weighted by atomic mass is 10.0. The summed E-state index contributed by atoms with van der Waals surface area (Å²) >= 11 is 0. The van der Waals surface area contributed by atoms with E-state index in [0.717, 1.165) is 55.8 Å². The zero-order valence-electron chi connectivity index (χ0n) is 29.9. The predicted octanol–water partition coefficient (Wildman–Crippen LogP) is 14.6. The van der Waals surface area contributed by atoms with Gasteiger partial charge < -0.3 is 13.9 Å². The summed E-state index contributed by atoms with van der Waals surface area (Å²) in [6.07, 6.45) is 0. The Morgan fingerprint density at radius 3 is 1.85 bits per heavy atom. The highest BCUT2D eigenvalue weighted by molar-refractivity contribution is 6.21. The van der Waals surface area contributed by atoms with Crippen LogP contribution in [0.25, 0.3) is 82.5 Å². The average Bonchev–Trinajstić information content (AvgIpc) is 3.80. The third-order valence-electron chi connectivity index (χ3n) is 11.0. The van der Waals surface area contributed by atoms with Crippen molar-refractivity contribution in [3.8, 4) is 27.9 Å². The van der Waals surface area contributed by atoms with E-state index in [9.17, 15) is 0 Å². The lowest BCUT2D eigenvalue weighted by Gasteiger charge is -2.28. The molecule has 2 aromatic heterocycles. The van der Waals surface area contributed by atoms with Crippen molar-refractivity contribution in [2.45, 2.75) is 0 Å². The predicted molar refractivity (Wildman–Crippen MR) is 231 cm³/mol. The van der Waals surface area contributed by atoms with Gasteiger partial charge in [-0.05, 0) is 88.1 Å². The van der Waals surface area contributed by atoms with Crippen molar-refractivity contribution in [1.82, 2.24) is 4.57 Å². The molecule has 3 nitrogen and oxygen atoms in total. The Hall–Kier alpha value is -7.36. The quantitative estimate of drug-likeness (QED) is 0.172. The van der Waals surface area contributed by atoms with Gasteiger partial charge in [-0.3, -0.25) is 0 Å². The largest absolute Gasteiger partial charge is 0.456 e. The highest BCUT2D eigenvalue weighted by Crippen LogP contribution is 2.43. The molecule has 0 saturated heterocycles. The van der Waals surface area contributed by atoms with E-state index in [0.29, 0.717) is 0 Å². The highest BCUT2D eigenvalue weighted by atomic mass is 16.3. The fourth-order valence-electron chi connectivity index (χ4n) is 8.43. The summed E-state index contributed by atoms with van der Waals surface area (Å²) in [6.45, 7) is 0. The van der Waals surface area contributed by atoms with Crippen LogP contribution in [0.2, 0.25) is 0 Å². The summed E-state index contributed by atoms with van der Waals surface area (Å²) in [6, 6.07) is 73.8. The lowest BCUT2D eigenvalue weighted by Crippen LogP contribution is -2.11. The van der Waals surface area contributed by atoms with Crippen molar-refractivity contribution in [1.29, 1.82) is 0 Å². The minimum absolute atomic E-state index is 0.869. The zero-order valence-corrected chi connectivity index (χ0v) is 29.9. The van der Waals surface area contributed by atoms with E-state index in [-0.39, 0.29) is 0 Å². The molecule has 0 amide bonds. The Morgan fingerprint density at radius 1 is 0.382 bits per heavy atom. The molecular weight excluding hydrogens is 669 g/mol. The molecule has 0 unspecified atom stereocenters. The van der Waals surface area contributed by atoms with Crippen LogP contribution in [0.3, 0.4) is 0 Å². The molecule has 55 heavy (non-hydrogen) atoms. The second-order valence-electron chi connectivity index (χ2n) is 14.1. The smallest absolute Gasteiger partial charge is 0.137 e. The number of hydrogen-bond donors (Lipinski definition) is 0. The van der Waals surface area contributed by atoms with Crippen molar-refractivity contribution < 1.29 is 4.42 Å². The first-order chi connectivity index (χ1) is 27.3. The van der Waals surface area contributed by atoms with Gasteiger partial charge in [0, 0.05) is 50.2 Å². The van der Waals surface area contributed by atoms with Crippen molar-refractivity contribution in [2.75, 3.05) is 4.90 Å². The number of anilines is 3. The summed E-state index contributed by atoms with van der Waals surface area (Å²) in [5, 5.41) is 7.35. The maximum atomic E-state index is 6.38. The van der Waals surface area contributed by atoms with Crippen LogP contribution in [-0.2, 0) is 0 Å². The Kier molecular flexibility index (Phi) is 7.17. The van der Waals surface area contributed by atoms with Gasteiger partial charge in [0.2, 0.25) is 0 Å². The molecule has 0 aliphatic rings. The fourth-order valence-corrected chi connectivity index (χ4v) is 8.43. The van der Waals surface area contributed by atoms with E-state index < -0.39 is 0 Å². The molecule has 0 fully saturated rings. The number of benzene rings is 9. The van der Waals surface area contributed by atoms with Gasteiger partial charge in [0.25, 0.3) is 0 Å². The van der Waals surface area contributed by atoms with Crippen LogP contribution in [0.4, 0.5) is 17.1 Å². The normalized spacial score (nSPS) is 11.6. The standard InChI is InChI=1S/C52H34N2O/c1-2-12-37(13-3-1)42-15-6-9-19-47(42)53(41-31-32-45-44-17-8-11-21-50(44)55-51(45)34-41)39-27-22-35(23-28-39)36-24-29-40(30-25-36)54-48-20-10-7-18-46(48)52-43-16-5-4-14-38(43)26-33-49(52)54/h1-34H. The molecule has 3 heteroatoms. The van der Waals surface area contributed by atoms with Gasteiger partial charge >= 0.3 is 0 Å². The SMILES string of the molecule is c1ccc(-c2ccccc2N(c2ccc(-c3ccc(-n4c5ccccc5c5c6ccccc6ccc54)cc3)cc2)c2ccc3c(c2)oc2ccccc23)cc1. The first kappa shape index (κ1) is 31.2. The van der Waals surface area contributed by atoms with Crippen molar-refractivity contribution in [3.63, 3.8) is 0 Å². The van der Waals surface area contributed by atoms with Crippen LogP contribution < -0.4 is 4.90 Å². The maximum Gasteiger partial charge on any atom is 0.137 e. The first-order valence-corrected chi connectivity index (χ1v) is 18.8. The summed E-state index contributed by atoms with van der Waals surface area (Å²) < 4.78 is 8.77. The summed E-state index contributed by atoms with van der Waals surface area (Å²) in [7, 11) is 0. The number of furan rings is 1. The van der Waals surface area contributed by atoms with E-state index in [1.165, 1.54) is 43.7 Å². The van der Waals surface area contributed by atoms with Gasteiger partial charge in [-0.2, -0.15) is 0 Å². The summed E-state index contributed by atoms with van der Waals surface area (Å²) in [5.41, 5.74) is 13.2. The molecule has 0 aliphatic heterocycles. The molecule has 0 aliphatic carbocycles. The maximum absolute atomic E-state index is 6.38. The van der Waals surface area contributed by atoms with Crippen LogP contribution in [0, 0.1) is 0 Å². The van der Waals surface area contributed by atoms with E-state index in [4.69, 9.17) is 4.42 Å². The Morgan fingerprint density at radius 2 is 1.02 bits per heavy atom. The van der Waals surface area contributed by atoms with Gasteiger partial charge in [0.1, 0.15) is 11.2 Å². The van der Waals surface area contributed by atoms with Crippen LogP contribution in [0.1, 0.15) is 0 Å². The minimum Gasteiger partial charge on any atom is -0.456 e. The van der Waals surface area contributed by atoms with E-state index in [2.05, 4.69) is 204 Å². The van der Waals surface area contributed by atoms with Crippen molar-refractivity contribution in [2.24, 2.45) is 0 Å². The second kappa shape index (κ2) is 12.6. The first-order valence-electron chi connectivity index (χ1n) is 18.8. The number of hydrogen-bond acceptors (Lipinski definition) is 2. The van der Waals surface area contributed by atoms with E-state index >= 15 is 0 Å². The monoisotopic (exact) mass is 702 g/mol. The van der Waals surface area contributed by atoms with Crippen LogP contribution in [0.15, 0.2) is 211 Å². The van der Waals surface area contributed by atoms with E-state index in [1.54, 1.807) is 0 Å². The summed E-state index contributed by atoms with van der Waals surface area (Å²) in [5.74, 6) is 0.